The molecule has 2 aromatic heterocycles. The fraction of sp³-hybridized carbons (Fsp3) is 0.231. The summed E-state index contributed by atoms with van der Waals surface area (Å²) in [6.07, 6.45) is 0. The Bertz CT molecular complexity index is 1430. The maximum Gasteiger partial charge on any atom is 0.275 e. The fourth-order valence-electron chi connectivity index (χ4n) is 4.66. The minimum absolute atomic E-state index is 0.213. The molecule has 1 N–H and O–H groups in total. The molecule has 1 atom stereocenters. The number of nitrogens with one attached hydrogen (secondary N) is 1. The number of rotatable bonds is 5. The van der Waals surface area contributed by atoms with Crippen LogP contribution in [-0.2, 0) is 17.9 Å². The number of ether oxygens (including phenoxy) is 1. The van der Waals surface area contributed by atoms with E-state index in [-0.39, 0.29) is 18.4 Å². The molecule has 5 rings (SSSR count). The van der Waals surface area contributed by atoms with Crippen molar-refractivity contribution in [1.29, 1.82) is 0 Å². The Morgan fingerprint density at radius 2 is 2.00 bits per heavy atom. The normalized spacial score (nSPS) is 17.6. The summed E-state index contributed by atoms with van der Waals surface area (Å²) in [5.74, 6) is 0.242. The van der Waals surface area contributed by atoms with Crippen LogP contribution >= 0.6 is 22.9 Å². The van der Waals surface area contributed by atoms with Gasteiger partial charge in [-0.25, -0.2) is 0 Å². The van der Waals surface area contributed by atoms with Gasteiger partial charge in [0.2, 0.25) is 5.91 Å². The molecule has 0 saturated carbocycles. The lowest BCUT2D eigenvalue weighted by Gasteiger charge is -2.44. The number of hydrogen-bond acceptors (Lipinski definition) is 4. The predicted octanol–water partition coefficient (Wildman–Crippen LogP) is 5.41. The van der Waals surface area contributed by atoms with Crippen LogP contribution in [0.25, 0.3) is 10.2 Å². The second-order valence-corrected chi connectivity index (χ2v) is 9.97. The number of amides is 2. The summed E-state index contributed by atoms with van der Waals surface area (Å²) in [6, 6.07) is 16.8. The Hall–Kier alpha value is -3.29. The largest absolute Gasteiger partial charge is 0.496 e. The lowest BCUT2D eigenvalue weighted by Crippen LogP contribution is -2.64. The highest BCUT2D eigenvalue weighted by molar-refractivity contribution is 7.16. The maximum atomic E-state index is 13.9. The first-order chi connectivity index (χ1) is 16.3. The van der Waals surface area contributed by atoms with Crippen LogP contribution < -0.4 is 15.0 Å². The van der Waals surface area contributed by atoms with Gasteiger partial charge < -0.3 is 14.6 Å². The second-order valence-electron chi connectivity index (χ2n) is 8.64. The number of anilines is 1. The van der Waals surface area contributed by atoms with Gasteiger partial charge in [0.25, 0.3) is 5.91 Å². The van der Waals surface area contributed by atoms with E-state index in [4.69, 9.17) is 16.3 Å². The molecular weight excluding hydrogens is 470 g/mol. The first-order valence-corrected chi connectivity index (χ1v) is 12.2. The Kier molecular flexibility index (Phi) is 5.62. The van der Waals surface area contributed by atoms with Crippen LogP contribution in [-0.4, -0.2) is 29.0 Å². The predicted molar refractivity (Wildman–Crippen MR) is 136 cm³/mol. The van der Waals surface area contributed by atoms with Crippen LogP contribution in [0.5, 0.6) is 5.75 Å². The number of para-hydroxylation sites is 1. The summed E-state index contributed by atoms with van der Waals surface area (Å²) < 4.78 is 7.39. The molecule has 4 aromatic rings. The third kappa shape index (κ3) is 3.56. The van der Waals surface area contributed by atoms with Gasteiger partial charge in [0.15, 0.2) is 0 Å². The summed E-state index contributed by atoms with van der Waals surface area (Å²) in [7, 11) is 1.60. The highest BCUT2D eigenvalue weighted by atomic mass is 35.5. The highest BCUT2D eigenvalue weighted by Gasteiger charge is 2.49. The van der Waals surface area contributed by atoms with Crippen molar-refractivity contribution in [3.8, 4) is 5.75 Å². The van der Waals surface area contributed by atoms with Crippen LogP contribution in [0.1, 0.15) is 28.5 Å². The van der Waals surface area contributed by atoms with Crippen LogP contribution in [0.4, 0.5) is 5.69 Å². The van der Waals surface area contributed by atoms with E-state index < -0.39 is 5.54 Å². The second kappa shape index (κ2) is 8.49. The smallest absolute Gasteiger partial charge is 0.275 e. The standard InChI is InChI=1S/C26H24ClN3O3S/c1-16-12-19(27)8-9-20(16)30-23(31)21-13-17-10-11-34-24(17)29(21)15-26(30,2)25(32)28-14-18-6-4-5-7-22(18)33-3/h4-13H,14-15H2,1-3H3,(H,28,32)/t26-/m0/s1. The molecule has 0 radical (unpaired) electrons. The van der Waals surface area contributed by atoms with Gasteiger partial charge in [-0.3, -0.25) is 14.5 Å². The summed E-state index contributed by atoms with van der Waals surface area (Å²) in [5, 5.41) is 6.63. The summed E-state index contributed by atoms with van der Waals surface area (Å²) >= 11 is 7.76. The molecule has 6 nitrogen and oxygen atoms in total. The summed E-state index contributed by atoms with van der Waals surface area (Å²) in [4.78, 5) is 30.3. The van der Waals surface area contributed by atoms with Crippen molar-refractivity contribution in [2.45, 2.75) is 32.5 Å². The van der Waals surface area contributed by atoms with Gasteiger partial charge in [0, 0.05) is 28.2 Å². The molecule has 2 aromatic carbocycles. The monoisotopic (exact) mass is 493 g/mol. The SMILES string of the molecule is COc1ccccc1CNC(=O)[C@]1(C)Cn2c(cc3ccsc32)C(=O)N1c1ccc(Cl)cc1C. The third-order valence-corrected chi connectivity index (χ3v) is 7.59. The Morgan fingerprint density at radius 1 is 1.21 bits per heavy atom. The number of benzene rings is 2. The number of aromatic nitrogens is 1. The van der Waals surface area contributed by atoms with Gasteiger partial charge >= 0.3 is 0 Å². The summed E-state index contributed by atoms with van der Waals surface area (Å²) in [5.41, 5.74) is 1.76. The molecule has 174 valence electrons. The van der Waals surface area contributed by atoms with Gasteiger partial charge in [0.1, 0.15) is 21.8 Å². The van der Waals surface area contributed by atoms with E-state index >= 15 is 0 Å². The fourth-order valence-corrected chi connectivity index (χ4v) is 5.78. The van der Waals surface area contributed by atoms with Gasteiger partial charge in [-0.15, -0.1) is 11.3 Å². The molecule has 3 heterocycles. The zero-order chi connectivity index (χ0) is 24.0. The minimum atomic E-state index is -1.17. The number of nitrogens with zero attached hydrogens (tertiary/aromatic N) is 2. The van der Waals surface area contributed by atoms with Gasteiger partial charge in [-0.2, -0.15) is 0 Å². The molecule has 0 saturated heterocycles. The molecule has 0 unspecified atom stereocenters. The van der Waals surface area contributed by atoms with E-state index in [1.807, 2.05) is 72.3 Å². The summed E-state index contributed by atoms with van der Waals surface area (Å²) in [6.45, 7) is 4.33. The van der Waals surface area contributed by atoms with Crippen molar-refractivity contribution in [3.63, 3.8) is 0 Å². The number of aryl methyl sites for hydroxylation is 1. The van der Waals surface area contributed by atoms with E-state index in [1.165, 1.54) is 0 Å². The van der Waals surface area contributed by atoms with Crippen molar-refractivity contribution in [1.82, 2.24) is 9.88 Å². The highest BCUT2D eigenvalue weighted by Crippen LogP contribution is 2.39. The Morgan fingerprint density at radius 3 is 2.76 bits per heavy atom. The molecular formula is C26H24ClN3O3S. The number of carbonyl (C=O) groups is 2. The quantitative estimate of drug-likeness (QED) is 0.404. The minimum Gasteiger partial charge on any atom is -0.496 e. The number of carbonyl (C=O) groups excluding carboxylic acids is 2. The number of fused-ring (bicyclic) bond motifs is 3. The average Bonchev–Trinajstić information content (AvgIpc) is 3.41. The van der Waals surface area contributed by atoms with Crippen molar-refractivity contribution in [2.75, 3.05) is 12.0 Å². The van der Waals surface area contributed by atoms with E-state index in [1.54, 1.807) is 29.4 Å². The molecule has 0 bridgehead atoms. The van der Waals surface area contributed by atoms with Crippen molar-refractivity contribution < 1.29 is 14.3 Å². The van der Waals surface area contributed by atoms with E-state index in [9.17, 15) is 9.59 Å². The molecule has 0 aliphatic carbocycles. The van der Waals surface area contributed by atoms with Crippen LogP contribution in [0.3, 0.4) is 0 Å². The van der Waals surface area contributed by atoms with Gasteiger partial charge in [0.05, 0.1) is 13.7 Å². The molecule has 1 aliphatic heterocycles. The number of thiophene rings is 1. The third-order valence-electron chi connectivity index (χ3n) is 6.40. The molecule has 8 heteroatoms. The van der Waals surface area contributed by atoms with E-state index in [0.717, 1.165) is 21.3 Å². The molecule has 0 fully saturated rings. The number of hydrogen-bond donors (Lipinski definition) is 1. The van der Waals surface area contributed by atoms with Crippen molar-refractivity contribution >= 4 is 50.7 Å². The Balaban J connectivity index is 1.58. The van der Waals surface area contributed by atoms with Crippen molar-refractivity contribution in [3.05, 3.63) is 81.8 Å². The van der Waals surface area contributed by atoms with Crippen LogP contribution in [0, 0.1) is 6.92 Å². The number of halogens is 1. The lowest BCUT2D eigenvalue weighted by atomic mass is 9.93. The zero-order valence-electron chi connectivity index (χ0n) is 19.1. The molecule has 34 heavy (non-hydrogen) atoms. The average molecular weight is 494 g/mol. The van der Waals surface area contributed by atoms with E-state index in [0.29, 0.717) is 28.7 Å². The van der Waals surface area contributed by atoms with Gasteiger partial charge in [-0.05, 0) is 61.2 Å². The Labute approximate surface area is 206 Å². The molecule has 2 amide bonds. The van der Waals surface area contributed by atoms with E-state index in [2.05, 4.69) is 5.32 Å². The lowest BCUT2D eigenvalue weighted by molar-refractivity contribution is -0.126. The van der Waals surface area contributed by atoms with Crippen LogP contribution in [0.2, 0.25) is 5.02 Å². The molecule has 1 aliphatic rings. The molecule has 0 spiro atoms. The van der Waals surface area contributed by atoms with Gasteiger partial charge in [-0.1, -0.05) is 29.8 Å². The number of methoxy groups -OCH3 is 1. The van der Waals surface area contributed by atoms with Crippen molar-refractivity contribution in [2.24, 2.45) is 0 Å². The topological polar surface area (TPSA) is 63.6 Å². The first-order valence-electron chi connectivity index (χ1n) is 10.9. The maximum absolute atomic E-state index is 13.9. The zero-order valence-corrected chi connectivity index (χ0v) is 20.7. The van der Waals surface area contributed by atoms with Crippen LogP contribution in [0.15, 0.2) is 60.0 Å². The first kappa shape index (κ1) is 22.5.